The highest BCUT2D eigenvalue weighted by atomic mass is 16.5. The van der Waals surface area contributed by atoms with Crippen LogP contribution in [0.1, 0.15) is 0 Å². The fourth-order valence-electron chi connectivity index (χ4n) is 2.50. The van der Waals surface area contributed by atoms with Gasteiger partial charge in [-0.2, -0.15) is 4.98 Å². The molecule has 2 fully saturated rings. The molecular weight excluding hydrogens is 275 g/mol. The van der Waals surface area contributed by atoms with Gasteiger partial charge in [0.15, 0.2) is 0 Å². The first-order valence-electron chi connectivity index (χ1n) is 7.14. The zero-order chi connectivity index (χ0) is 14.7. The van der Waals surface area contributed by atoms with Gasteiger partial charge in [0.05, 0.1) is 26.4 Å². The van der Waals surface area contributed by atoms with Gasteiger partial charge in [0.2, 0.25) is 5.95 Å². The average Bonchev–Trinajstić information content (AvgIpc) is 2.56. The lowest BCUT2D eigenvalue weighted by atomic mass is 9.81. The van der Waals surface area contributed by atoms with E-state index in [9.17, 15) is 10.0 Å². The summed E-state index contributed by atoms with van der Waals surface area (Å²) in [5.74, 6) is 1.17. The first-order valence-corrected chi connectivity index (χ1v) is 7.14. The van der Waals surface area contributed by atoms with Gasteiger partial charge in [-0.1, -0.05) is 0 Å². The highest BCUT2D eigenvalue weighted by molar-refractivity contribution is 6.60. The fourth-order valence-corrected chi connectivity index (χ4v) is 2.50. The number of hydrogen-bond acceptors (Lipinski definition) is 8. The third-order valence-corrected chi connectivity index (χ3v) is 3.67. The second kappa shape index (κ2) is 6.57. The van der Waals surface area contributed by atoms with Crippen LogP contribution in [0.4, 0.5) is 11.8 Å². The van der Waals surface area contributed by atoms with Crippen LogP contribution in [0, 0.1) is 0 Å². The number of rotatable bonds is 3. The minimum absolute atomic E-state index is 0.328. The molecule has 0 unspecified atom stereocenters. The molecule has 2 N–H and O–H groups in total. The molecule has 0 bridgehead atoms. The zero-order valence-corrected chi connectivity index (χ0v) is 11.8. The van der Waals surface area contributed by atoms with Gasteiger partial charge in [-0.25, -0.2) is 4.98 Å². The molecule has 0 aliphatic carbocycles. The minimum Gasteiger partial charge on any atom is -0.423 e. The summed E-state index contributed by atoms with van der Waals surface area (Å²) in [6.45, 7) is 5.36. The summed E-state index contributed by atoms with van der Waals surface area (Å²) in [5, 5.41) is 19.0. The Bertz CT molecular complexity index is 478. The Balaban J connectivity index is 1.89. The average molecular weight is 294 g/mol. The van der Waals surface area contributed by atoms with E-state index in [1.54, 1.807) is 0 Å². The van der Waals surface area contributed by atoms with Crippen LogP contribution >= 0.6 is 0 Å². The summed E-state index contributed by atoms with van der Waals surface area (Å²) < 4.78 is 10.7. The van der Waals surface area contributed by atoms with Gasteiger partial charge < -0.3 is 29.3 Å². The van der Waals surface area contributed by atoms with Crippen molar-refractivity contribution in [3.05, 3.63) is 6.20 Å². The zero-order valence-electron chi connectivity index (χ0n) is 11.8. The summed E-state index contributed by atoms with van der Waals surface area (Å²) in [7, 11) is -1.58. The minimum atomic E-state index is -1.58. The maximum absolute atomic E-state index is 9.52. The van der Waals surface area contributed by atoms with E-state index in [4.69, 9.17) is 9.47 Å². The lowest BCUT2D eigenvalue weighted by Gasteiger charge is -2.31. The lowest BCUT2D eigenvalue weighted by molar-refractivity contribution is 0.121. The Morgan fingerprint density at radius 3 is 2.10 bits per heavy atom. The van der Waals surface area contributed by atoms with Gasteiger partial charge in [0, 0.05) is 37.8 Å². The van der Waals surface area contributed by atoms with Crippen LogP contribution in [0.25, 0.3) is 0 Å². The second-order valence-electron chi connectivity index (χ2n) is 5.02. The number of morpholine rings is 2. The standard InChI is InChI=1S/C12H19BN4O4/c18-13(19)10-9-14-12(17-3-7-21-8-4-17)15-11(10)16-1-5-20-6-2-16/h9,18-19H,1-8H2. The number of anilines is 2. The van der Waals surface area contributed by atoms with Crippen molar-refractivity contribution in [2.24, 2.45) is 0 Å². The van der Waals surface area contributed by atoms with Crippen LogP contribution in [-0.2, 0) is 9.47 Å². The van der Waals surface area contributed by atoms with E-state index in [1.165, 1.54) is 6.20 Å². The quantitative estimate of drug-likeness (QED) is 0.609. The van der Waals surface area contributed by atoms with E-state index < -0.39 is 7.12 Å². The Morgan fingerprint density at radius 2 is 1.52 bits per heavy atom. The summed E-state index contributed by atoms with van der Waals surface area (Å²) >= 11 is 0. The Hall–Kier alpha value is -1.42. The Morgan fingerprint density at radius 1 is 0.952 bits per heavy atom. The normalized spacial score (nSPS) is 19.7. The molecule has 0 atom stereocenters. The van der Waals surface area contributed by atoms with Gasteiger partial charge in [-0.15, -0.1) is 0 Å². The maximum Gasteiger partial charge on any atom is 0.493 e. The molecule has 2 aliphatic heterocycles. The molecule has 0 aromatic carbocycles. The highest BCUT2D eigenvalue weighted by Crippen LogP contribution is 2.16. The maximum atomic E-state index is 9.52. The number of hydrogen-bond donors (Lipinski definition) is 2. The number of nitrogens with zero attached hydrogens (tertiary/aromatic N) is 4. The van der Waals surface area contributed by atoms with Crippen LogP contribution in [0.15, 0.2) is 6.20 Å². The lowest BCUT2D eigenvalue weighted by Crippen LogP contribution is -2.45. The SMILES string of the molecule is OB(O)c1cnc(N2CCOCC2)nc1N1CCOCC1. The molecule has 9 heteroatoms. The van der Waals surface area contributed by atoms with Crippen molar-refractivity contribution in [1.82, 2.24) is 9.97 Å². The molecule has 8 nitrogen and oxygen atoms in total. The highest BCUT2D eigenvalue weighted by Gasteiger charge is 2.25. The summed E-state index contributed by atoms with van der Waals surface area (Å²) in [6, 6.07) is 0. The molecule has 3 rings (SSSR count). The van der Waals surface area contributed by atoms with E-state index in [-0.39, 0.29) is 0 Å². The topological polar surface area (TPSA) is 91.2 Å². The molecule has 1 aromatic heterocycles. The van der Waals surface area contributed by atoms with Crippen molar-refractivity contribution in [1.29, 1.82) is 0 Å². The van der Waals surface area contributed by atoms with Crippen molar-refractivity contribution >= 4 is 24.3 Å². The summed E-state index contributed by atoms with van der Waals surface area (Å²) in [6.07, 6.45) is 1.49. The van der Waals surface area contributed by atoms with Crippen molar-refractivity contribution in [3.63, 3.8) is 0 Å². The molecule has 0 spiro atoms. The van der Waals surface area contributed by atoms with Crippen LogP contribution in [0.5, 0.6) is 0 Å². The molecule has 0 radical (unpaired) electrons. The first-order chi connectivity index (χ1) is 10.3. The van der Waals surface area contributed by atoms with E-state index in [0.717, 1.165) is 13.1 Å². The molecule has 21 heavy (non-hydrogen) atoms. The van der Waals surface area contributed by atoms with Crippen LogP contribution in [-0.4, -0.2) is 79.7 Å². The molecule has 2 saturated heterocycles. The third kappa shape index (κ3) is 3.26. The van der Waals surface area contributed by atoms with Crippen molar-refractivity contribution in [2.75, 3.05) is 62.4 Å². The predicted molar refractivity (Wildman–Crippen MR) is 77.9 cm³/mol. The Labute approximate surface area is 123 Å². The predicted octanol–water partition coefficient (Wildman–Crippen LogP) is -2.17. The molecule has 114 valence electrons. The van der Waals surface area contributed by atoms with Crippen molar-refractivity contribution < 1.29 is 19.5 Å². The molecular formula is C12H19BN4O4. The van der Waals surface area contributed by atoms with Gasteiger partial charge in [0.25, 0.3) is 0 Å². The summed E-state index contributed by atoms with van der Waals surface area (Å²) in [4.78, 5) is 12.9. The third-order valence-electron chi connectivity index (χ3n) is 3.67. The summed E-state index contributed by atoms with van der Waals surface area (Å²) in [5.41, 5.74) is 0.328. The molecule has 3 heterocycles. The Kier molecular flexibility index (Phi) is 4.54. The van der Waals surface area contributed by atoms with Crippen molar-refractivity contribution in [2.45, 2.75) is 0 Å². The monoisotopic (exact) mass is 294 g/mol. The second-order valence-corrected chi connectivity index (χ2v) is 5.02. The molecule has 2 aliphatic rings. The molecule has 1 aromatic rings. The van der Waals surface area contributed by atoms with E-state index >= 15 is 0 Å². The van der Waals surface area contributed by atoms with Gasteiger partial charge in [-0.3, -0.25) is 0 Å². The van der Waals surface area contributed by atoms with E-state index in [1.807, 2.05) is 9.80 Å². The number of aromatic nitrogens is 2. The fraction of sp³-hybridized carbons (Fsp3) is 0.667. The van der Waals surface area contributed by atoms with Gasteiger partial charge >= 0.3 is 7.12 Å². The first kappa shape index (κ1) is 14.5. The van der Waals surface area contributed by atoms with Crippen LogP contribution in [0.3, 0.4) is 0 Å². The van der Waals surface area contributed by atoms with Crippen molar-refractivity contribution in [3.8, 4) is 0 Å². The number of ether oxygens (including phenoxy) is 2. The van der Waals surface area contributed by atoms with Gasteiger partial charge in [0.1, 0.15) is 5.82 Å². The molecule has 0 amide bonds. The van der Waals surface area contributed by atoms with Gasteiger partial charge in [-0.05, 0) is 0 Å². The van der Waals surface area contributed by atoms with Crippen LogP contribution < -0.4 is 15.3 Å². The largest absolute Gasteiger partial charge is 0.493 e. The van der Waals surface area contributed by atoms with Crippen LogP contribution in [0.2, 0.25) is 0 Å². The smallest absolute Gasteiger partial charge is 0.423 e. The molecule has 0 saturated carbocycles. The van der Waals surface area contributed by atoms with E-state index in [2.05, 4.69) is 9.97 Å². The van der Waals surface area contributed by atoms with E-state index in [0.29, 0.717) is 56.7 Å².